The lowest BCUT2D eigenvalue weighted by atomic mass is 10.2. The summed E-state index contributed by atoms with van der Waals surface area (Å²) in [6, 6.07) is 15.4. The molecule has 0 saturated heterocycles. The van der Waals surface area contributed by atoms with E-state index in [2.05, 4.69) is 41.1 Å². The quantitative estimate of drug-likeness (QED) is 0.466. The summed E-state index contributed by atoms with van der Waals surface area (Å²) in [5.74, 6) is 1.99. The minimum absolute atomic E-state index is 0.586. The van der Waals surface area contributed by atoms with Gasteiger partial charge in [0.15, 0.2) is 5.82 Å². The van der Waals surface area contributed by atoms with Gasteiger partial charge in [0.05, 0.1) is 5.69 Å². The summed E-state index contributed by atoms with van der Waals surface area (Å²) in [5, 5.41) is 18.5. The van der Waals surface area contributed by atoms with E-state index < -0.39 is 0 Å². The maximum atomic E-state index is 4.65. The molecule has 0 aliphatic heterocycles. The highest BCUT2D eigenvalue weighted by Crippen LogP contribution is 2.20. The highest BCUT2D eigenvalue weighted by atomic mass is 15.6. The van der Waals surface area contributed by atoms with Gasteiger partial charge in [0.25, 0.3) is 0 Å². The molecule has 4 aromatic rings. The van der Waals surface area contributed by atoms with Crippen LogP contribution in [0.2, 0.25) is 0 Å². The van der Waals surface area contributed by atoms with E-state index >= 15 is 0 Å². The molecular weight excluding hydrogens is 366 g/mol. The Balaban J connectivity index is 1.42. The molecular formula is C20H21N9. The first kappa shape index (κ1) is 18.5. The zero-order valence-electron chi connectivity index (χ0n) is 16.2. The lowest BCUT2D eigenvalue weighted by Gasteiger charge is -2.13. The molecule has 0 bridgehead atoms. The smallest absolute Gasteiger partial charge is 0.247 e. The summed E-state index contributed by atoms with van der Waals surface area (Å²) >= 11 is 0. The van der Waals surface area contributed by atoms with Crippen molar-refractivity contribution < 1.29 is 0 Å². The molecule has 0 saturated carbocycles. The first-order valence-corrected chi connectivity index (χ1v) is 9.30. The first-order valence-electron chi connectivity index (χ1n) is 9.30. The summed E-state index contributed by atoms with van der Waals surface area (Å²) < 4.78 is 1.67. The average Bonchev–Trinajstić information content (AvgIpc) is 3.23. The Labute approximate surface area is 168 Å². The molecule has 0 fully saturated rings. The van der Waals surface area contributed by atoms with E-state index in [1.165, 1.54) is 0 Å². The number of nitrogens with zero attached hydrogens (tertiary/aromatic N) is 7. The van der Waals surface area contributed by atoms with Gasteiger partial charge in [-0.2, -0.15) is 4.68 Å². The summed E-state index contributed by atoms with van der Waals surface area (Å²) in [4.78, 5) is 13.5. The van der Waals surface area contributed by atoms with Gasteiger partial charge in [0, 0.05) is 30.5 Å². The third kappa shape index (κ3) is 4.18. The van der Waals surface area contributed by atoms with E-state index in [0.717, 1.165) is 28.5 Å². The fourth-order valence-electron chi connectivity index (χ4n) is 2.81. The molecule has 1 aromatic carbocycles. The number of para-hydroxylation sites is 1. The van der Waals surface area contributed by atoms with Crippen LogP contribution in [0.15, 0.2) is 54.7 Å². The number of hydrogen-bond donors (Lipinski definition) is 2. The Bertz CT molecular complexity index is 1080. The third-order valence-electron chi connectivity index (χ3n) is 4.45. The number of rotatable bonds is 7. The topological polar surface area (TPSA) is 106 Å². The monoisotopic (exact) mass is 387 g/mol. The fourth-order valence-corrected chi connectivity index (χ4v) is 2.81. The molecule has 3 heterocycles. The van der Waals surface area contributed by atoms with Crippen LogP contribution in [0.5, 0.6) is 0 Å². The van der Waals surface area contributed by atoms with Crippen LogP contribution in [0.3, 0.4) is 0 Å². The van der Waals surface area contributed by atoms with Gasteiger partial charge in [-0.05, 0) is 48.5 Å². The minimum atomic E-state index is 0.586. The van der Waals surface area contributed by atoms with Crippen LogP contribution in [0.25, 0.3) is 17.2 Å². The van der Waals surface area contributed by atoms with Gasteiger partial charge in [-0.1, -0.05) is 29.4 Å². The molecule has 0 radical (unpaired) electrons. The summed E-state index contributed by atoms with van der Waals surface area (Å²) in [7, 11) is 0. The summed E-state index contributed by atoms with van der Waals surface area (Å²) in [5.41, 5.74) is 3.58. The molecule has 4 rings (SSSR count). The van der Waals surface area contributed by atoms with Gasteiger partial charge < -0.3 is 10.6 Å². The zero-order chi connectivity index (χ0) is 20.1. The second-order valence-electron chi connectivity index (χ2n) is 6.42. The molecule has 2 N–H and O–H groups in total. The van der Waals surface area contributed by atoms with E-state index in [9.17, 15) is 0 Å². The highest BCUT2D eigenvalue weighted by Gasteiger charge is 2.11. The average molecular weight is 387 g/mol. The Kier molecular flexibility index (Phi) is 5.37. The molecule has 0 spiro atoms. The lowest BCUT2D eigenvalue weighted by molar-refractivity contribution is 0.789. The van der Waals surface area contributed by atoms with Gasteiger partial charge in [-0.15, -0.1) is 0 Å². The largest absolute Gasteiger partial charge is 0.368 e. The molecule has 0 amide bonds. The number of aromatic nitrogens is 7. The van der Waals surface area contributed by atoms with Gasteiger partial charge in [0.2, 0.25) is 5.95 Å². The predicted octanol–water partition coefficient (Wildman–Crippen LogP) is 2.66. The van der Waals surface area contributed by atoms with E-state index in [4.69, 9.17) is 0 Å². The Morgan fingerprint density at radius 3 is 2.48 bits per heavy atom. The van der Waals surface area contributed by atoms with Crippen molar-refractivity contribution in [3.05, 3.63) is 66.0 Å². The zero-order valence-corrected chi connectivity index (χ0v) is 16.2. The van der Waals surface area contributed by atoms with Crippen molar-refractivity contribution in [1.29, 1.82) is 0 Å². The van der Waals surface area contributed by atoms with Gasteiger partial charge >= 0.3 is 0 Å². The molecule has 9 heteroatoms. The van der Waals surface area contributed by atoms with Crippen LogP contribution in [0, 0.1) is 13.8 Å². The van der Waals surface area contributed by atoms with Crippen LogP contribution < -0.4 is 10.6 Å². The van der Waals surface area contributed by atoms with Crippen LogP contribution >= 0.6 is 0 Å². The van der Waals surface area contributed by atoms with E-state index in [0.29, 0.717) is 24.9 Å². The molecule has 0 aliphatic rings. The number of benzene rings is 1. The van der Waals surface area contributed by atoms with Crippen LogP contribution in [0.1, 0.15) is 11.3 Å². The molecule has 3 aromatic heterocycles. The Morgan fingerprint density at radius 2 is 1.69 bits per heavy atom. The van der Waals surface area contributed by atoms with Crippen LogP contribution in [0.4, 0.5) is 11.8 Å². The second kappa shape index (κ2) is 8.42. The standard InChI is InChI=1S/C20H21N9/c1-14-15(2)24-19(17-10-6-7-11-21-17)25-18(14)22-12-13-23-20-26-27-28-29(20)16-8-4-3-5-9-16/h3-11H,12-13H2,1-2H3,(H,22,24,25)(H,23,26,28). The summed E-state index contributed by atoms with van der Waals surface area (Å²) in [6.45, 7) is 5.24. The third-order valence-corrected chi connectivity index (χ3v) is 4.45. The van der Waals surface area contributed by atoms with Crippen molar-refractivity contribution in [2.45, 2.75) is 13.8 Å². The van der Waals surface area contributed by atoms with E-state index in [1.54, 1.807) is 10.9 Å². The van der Waals surface area contributed by atoms with Crippen LogP contribution in [-0.4, -0.2) is 48.2 Å². The van der Waals surface area contributed by atoms with E-state index in [1.807, 2.05) is 62.4 Å². The normalized spacial score (nSPS) is 10.7. The van der Waals surface area contributed by atoms with E-state index in [-0.39, 0.29) is 0 Å². The van der Waals surface area contributed by atoms with Crippen molar-refractivity contribution in [2.75, 3.05) is 23.7 Å². The number of pyridine rings is 1. The molecule has 29 heavy (non-hydrogen) atoms. The molecule has 146 valence electrons. The molecule has 0 unspecified atom stereocenters. The number of hydrogen-bond acceptors (Lipinski definition) is 8. The van der Waals surface area contributed by atoms with Crippen LogP contribution in [-0.2, 0) is 0 Å². The number of tetrazole rings is 1. The van der Waals surface area contributed by atoms with Crippen molar-refractivity contribution in [2.24, 2.45) is 0 Å². The predicted molar refractivity (Wildman–Crippen MR) is 111 cm³/mol. The minimum Gasteiger partial charge on any atom is -0.368 e. The number of nitrogens with one attached hydrogen (secondary N) is 2. The molecule has 0 aliphatic carbocycles. The maximum absolute atomic E-state index is 4.65. The lowest BCUT2D eigenvalue weighted by Crippen LogP contribution is -2.18. The summed E-state index contributed by atoms with van der Waals surface area (Å²) in [6.07, 6.45) is 1.74. The van der Waals surface area contributed by atoms with Crippen molar-refractivity contribution >= 4 is 11.8 Å². The maximum Gasteiger partial charge on any atom is 0.247 e. The van der Waals surface area contributed by atoms with Crippen molar-refractivity contribution in [1.82, 2.24) is 35.2 Å². The fraction of sp³-hybridized carbons (Fsp3) is 0.200. The van der Waals surface area contributed by atoms with Gasteiger partial charge in [-0.25, -0.2) is 9.97 Å². The van der Waals surface area contributed by atoms with Gasteiger partial charge in [-0.3, -0.25) is 4.98 Å². The Morgan fingerprint density at radius 1 is 0.897 bits per heavy atom. The number of anilines is 2. The SMILES string of the molecule is Cc1nc(-c2ccccn2)nc(NCCNc2nnnn2-c2ccccc2)c1C. The first-order chi connectivity index (χ1) is 14.2. The van der Waals surface area contributed by atoms with Gasteiger partial charge in [0.1, 0.15) is 11.5 Å². The Hall–Kier alpha value is -3.88. The van der Waals surface area contributed by atoms with Crippen molar-refractivity contribution in [3.63, 3.8) is 0 Å². The number of aryl methyl sites for hydroxylation is 1. The molecule has 9 nitrogen and oxygen atoms in total. The highest BCUT2D eigenvalue weighted by molar-refractivity contribution is 5.56. The molecule has 0 atom stereocenters. The second-order valence-corrected chi connectivity index (χ2v) is 6.42. The van der Waals surface area contributed by atoms with Crippen molar-refractivity contribution in [3.8, 4) is 17.2 Å².